The number of ether oxygens (including phenoxy) is 1. The third kappa shape index (κ3) is 5.51. The third-order valence-corrected chi connectivity index (χ3v) is 5.38. The van der Waals surface area contributed by atoms with E-state index in [0.29, 0.717) is 27.2 Å². The van der Waals surface area contributed by atoms with Crippen LogP contribution in [0.1, 0.15) is 13.3 Å². The molecule has 0 unspecified atom stereocenters. The van der Waals surface area contributed by atoms with Gasteiger partial charge in [0.15, 0.2) is 0 Å². The van der Waals surface area contributed by atoms with E-state index in [0.717, 1.165) is 10.6 Å². The fraction of sp³-hybridized carbons (Fsp3) is 0.278. The summed E-state index contributed by atoms with van der Waals surface area (Å²) < 4.78 is 31.2. The maximum atomic E-state index is 12.8. The molecular weight excluding hydrogens is 411 g/mol. The van der Waals surface area contributed by atoms with E-state index in [1.165, 1.54) is 25.3 Å². The Labute approximate surface area is 169 Å². The van der Waals surface area contributed by atoms with Crippen molar-refractivity contribution in [2.75, 3.05) is 23.0 Å². The number of amides is 1. The van der Waals surface area contributed by atoms with Crippen molar-refractivity contribution in [1.29, 1.82) is 0 Å². The van der Waals surface area contributed by atoms with E-state index in [-0.39, 0.29) is 6.42 Å². The summed E-state index contributed by atoms with van der Waals surface area (Å²) >= 11 is 11.9. The average molecular weight is 431 g/mol. The number of benzene rings is 2. The topological polar surface area (TPSA) is 75.7 Å². The van der Waals surface area contributed by atoms with Gasteiger partial charge in [-0.2, -0.15) is 0 Å². The van der Waals surface area contributed by atoms with E-state index in [1.54, 1.807) is 31.2 Å². The van der Waals surface area contributed by atoms with E-state index >= 15 is 0 Å². The van der Waals surface area contributed by atoms with Crippen LogP contribution >= 0.6 is 23.2 Å². The summed E-state index contributed by atoms with van der Waals surface area (Å²) in [5.41, 5.74) is 0.720. The molecule has 2 aromatic carbocycles. The summed E-state index contributed by atoms with van der Waals surface area (Å²) in [6, 6.07) is 10.2. The number of hydrogen-bond acceptors (Lipinski definition) is 4. The van der Waals surface area contributed by atoms with Crippen molar-refractivity contribution in [3.8, 4) is 5.75 Å². The Balaban J connectivity index is 2.41. The van der Waals surface area contributed by atoms with Gasteiger partial charge in [0.25, 0.3) is 0 Å². The predicted molar refractivity (Wildman–Crippen MR) is 109 cm³/mol. The van der Waals surface area contributed by atoms with Crippen molar-refractivity contribution >= 4 is 50.5 Å². The van der Waals surface area contributed by atoms with Gasteiger partial charge in [0.05, 0.1) is 19.1 Å². The van der Waals surface area contributed by atoms with Gasteiger partial charge in [-0.05, 0) is 36.8 Å². The Morgan fingerprint density at radius 2 is 1.81 bits per heavy atom. The molecule has 1 amide bonds. The van der Waals surface area contributed by atoms with E-state index in [4.69, 9.17) is 27.9 Å². The number of hydrogen-bond donors (Lipinski definition) is 1. The molecule has 0 bridgehead atoms. The van der Waals surface area contributed by atoms with Crippen LogP contribution in [0.15, 0.2) is 42.5 Å². The van der Waals surface area contributed by atoms with Crippen LogP contribution in [0.2, 0.25) is 10.0 Å². The lowest BCUT2D eigenvalue weighted by Crippen LogP contribution is -2.47. The molecule has 0 fully saturated rings. The number of carbonyl (C=O) groups excluding carboxylic acids is 1. The summed E-state index contributed by atoms with van der Waals surface area (Å²) in [5, 5.41) is 3.40. The number of methoxy groups -OCH3 is 1. The van der Waals surface area contributed by atoms with Gasteiger partial charge in [-0.3, -0.25) is 9.10 Å². The van der Waals surface area contributed by atoms with Gasteiger partial charge in [-0.25, -0.2) is 8.42 Å². The lowest BCUT2D eigenvalue weighted by molar-refractivity contribution is -0.117. The molecule has 2 aromatic rings. The number of carbonyl (C=O) groups is 1. The molecule has 1 atom stereocenters. The Hall–Kier alpha value is -1.96. The highest BCUT2D eigenvalue weighted by Gasteiger charge is 2.31. The van der Waals surface area contributed by atoms with Crippen molar-refractivity contribution in [2.45, 2.75) is 19.4 Å². The first-order chi connectivity index (χ1) is 12.7. The van der Waals surface area contributed by atoms with Gasteiger partial charge in [0, 0.05) is 21.8 Å². The van der Waals surface area contributed by atoms with Crippen LogP contribution in [-0.4, -0.2) is 33.7 Å². The van der Waals surface area contributed by atoms with Gasteiger partial charge < -0.3 is 10.1 Å². The smallest absolute Gasteiger partial charge is 0.248 e. The van der Waals surface area contributed by atoms with Crippen LogP contribution < -0.4 is 14.4 Å². The maximum Gasteiger partial charge on any atom is 0.248 e. The molecule has 0 saturated carbocycles. The van der Waals surface area contributed by atoms with Crippen LogP contribution in [0.4, 0.5) is 11.4 Å². The molecule has 0 radical (unpaired) electrons. The van der Waals surface area contributed by atoms with Crippen molar-refractivity contribution in [3.63, 3.8) is 0 Å². The van der Waals surface area contributed by atoms with Crippen LogP contribution in [0.3, 0.4) is 0 Å². The maximum absolute atomic E-state index is 12.8. The molecule has 1 N–H and O–H groups in total. The number of nitrogens with one attached hydrogen (secondary N) is 1. The first-order valence-corrected chi connectivity index (χ1v) is 10.7. The average Bonchev–Trinajstić information content (AvgIpc) is 2.57. The molecule has 0 aromatic heterocycles. The summed E-state index contributed by atoms with van der Waals surface area (Å²) in [5.74, 6) is -0.0119. The number of halogens is 2. The Morgan fingerprint density at radius 3 is 2.33 bits per heavy atom. The fourth-order valence-electron chi connectivity index (χ4n) is 2.66. The second kappa shape index (κ2) is 8.82. The first kappa shape index (κ1) is 21.3. The zero-order valence-electron chi connectivity index (χ0n) is 15.1. The molecule has 0 saturated heterocycles. The van der Waals surface area contributed by atoms with Crippen LogP contribution in [0, 0.1) is 0 Å². The van der Waals surface area contributed by atoms with Gasteiger partial charge in [-0.15, -0.1) is 0 Å². The Morgan fingerprint density at radius 1 is 1.19 bits per heavy atom. The zero-order chi connectivity index (χ0) is 20.2. The highest BCUT2D eigenvalue weighted by atomic mass is 35.5. The van der Waals surface area contributed by atoms with E-state index in [2.05, 4.69) is 5.32 Å². The molecule has 0 aliphatic carbocycles. The van der Waals surface area contributed by atoms with E-state index < -0.39 is 22.0 Å². The second-order valence-electron chi connectivity index (χ2n) is 5.83. The largest absolute Gasteiger partial charge is 0.497 e. The number of anilines is 2. The molecule has 0 aliphatic heterocycles. The molecule has 0 heterocycles. The minimum absolute atomic E-state index is 0.254. The number of rotatable bonds is 7. The molecule has 2 rings (SSSR count). The Kier molecular flexibility index (Phi) is 6.97. The van der Waals surface area contributed by atoms with Crippen LogP contribution in [-0.2, 0) is 14.8 Å². The summed E-state index contributed by atoms with van der Waals surface area (Å²) in [4.78, 5) is 12.8. The first-order valence-electron chi connectivity index (χ1n) is 8.06. The van der Waals surface area contributed by atoms with Crippen molar-refractivity contribution in [2.24, 2.45) is 0 Å². The highest BCUT2D eigenvalue weighted by molar-refractivity contribution is 7.92. The van der Waals surface area contributed by atoms with Crippen molar-refractivity contribution < 1.29 is 17.9 Å². The minimum Gasteiger partial charge on any atom is -0.497 e. The normalized spacial score (nSPS) is 12.3. The van der Waals surface area contributed by atoms with Gasteiger partial charge in [0.2, 0.25) is 15.9 Å². The molecule has 9 heteroatoms. The standard InChI is InChI=1S/C18H20Cl2N2O4S/c1-4-17(18(23)21-14-9-12(19)8-13(20)10-14)22(27(3,24)25)15-6-5-7-16(11-15)26-2/h5-11,17H,4H2,1-3H3,(H,21,23)/t17-/m1/s1. The number of nitrogens with zero attached hydrogens (tertiary/aromatic N) is 1. The predicted octanol–water partition coefficient (Wildman–Crippen LogP) is 4.19. The van der Waals surface area contributed by atoms with Crippen molar-refractivity contribution in [1.82, 2.24) is 0 Å². The van der Waals surface area contributed by atoms with Gasteiger partial charge >= 0.3 is 0 Å². The summed E-state index contributed by atoms with van der Waals surface area (Å²) in [6.07, 6.45) is 1.31. The van der Waals surface area contributed by atoms with E-state index in [1.807, 2.05) is 0 Å². The SMILES string of the molecule is CC[C@H](C(=O)Nc1cc(Cl)cc(Cl)c1)N(c1cccc(OC)c1)S(C)(=O)=O. The lowest BCUT2D eigenvalue weighted by atomic mass is 10.1. The Bertz CT molecular complexity index is 914. The zero-order valence-corrected chi connectivity index (χ0v) is 17.4. The highest BCUT2D eigenvalue weighted by Crippen LogP contribution is 2.28. The minimum atomic E-state index is -3.74. The van der Waals surface area contributed by atoms with Crippen LogP contribution in [0.25, 0.3) is 0 Å². The van der Waals surface area contributed by atoms with Crippen molar-refractivity contribution in [3.05, 3.63) is 52.5 Å². The quantitative estimate of drug-likeness (QED) is 0.714. The summed E-state index contributed by atoms with van der Waals surface area (Å²) in [7, 11) is -2.26. The molecule has 0 aliphatic rings. The monoisotopic (exact) mass is 430 g/mol. The molecule has 0 spiro atoms. The van der Waals surface area contributed by atoms with Crippen LogP contribution in [0.5, 0.6) is 5.75 Å². The molecule has 6 nitrogen and oxygen atoms in total. The summed E-state index contributed by atoms with van der Waals surface area (Å²) in [6.45, 7) is 1.73. The lowest BCUT2D eigenvalue weighted by Gasteiger charge is -2.30. The van der Waals surface area contributed by atoms with Gasteiger partial charge in [0.1, 0.15) is 11.8 Å². The number of sulfonamides is 1. The second-order valence-corrected chi connectivity index (χ2v) is 8.56. The van der Waals surface area contributed by atoms with Gasteiger partial charge in [-0.1, -0.05) is 36.2 Å². The molecule has 146 valence electrons. The third-order valence-electron chi connectivity index (χ3n) is 3.77. The molecule has 27 heavy (non-hydrogen) atoms. The molecular formula is C18H20Cl2N2O4S. The van der Waals surface area contributed by atoms with E-state index in [9.17, 15) is 13.2 Å². The fourth-order valence-corrected chi connectivity index (χ4v) is 4.39.